The van der Waals surface area contributed by atoms with E-state index in [9.17, 15) is 31.1 Å². The molecule has 1 amide bonds. The highest BCUT2D eigenvalue weighted by atomic mass is 19.4. The third-order valence-electron chi connectivity index (χ3n) is 5.29. The van der Waals surface area contributed by atoms with Crippen molar-refractivity contribution in [1.29, 1.82) is 0 Å². The molecule has 0 saturated heterocycles. The first kappa shape index (κ1) is 21.0. The van der Waals surface area contributed by atoms with Crippen LogP contribution >= 0.6 is 0 Å². The van der Waals surface area contributed by atoms with Gasteiger partial charge in [0.15, 0.2) is 12.1 Å². The Bertz CT molecular complexity index is 1350. The lowest BCUT2D eigenvalue weighted by atomic mass is 9.99. The average molecular weight is 470 g/mol. The SMILES string of the molecule is O=C(c1ocnc1C(F)(F)F)N1CCc2[nH]cnc2C1c1cc2cccc(C(F)(F)F)n2n1. The minimum absolute atomic E-state index is 0.00109. The Morgan fingerprint density at radius 1 is 1.12 bits per heavy atom. The van der Waals surface area contributed by atoms with Crippen molar-refractivity contribution >= 4 is 11.4 Å². The molecule has 33 heavy (non-hydrogen) atoms. The lowest BCUT2D eigenvalue weighted by molar-refractivity contribution is -0.143. The van der Waals surface area contributed by atoms with Crippen molar-refractivity contribution in [3.63, 3.8) is 0 Å². The van der Waals surface area contributed by atoms with Gasteiger partial charge in [-0.15, -0.1) is 0 Å². The van der Waals surface area contributed by atoms with Crippen molar-refractivity contribution in [2.24, 2.45) is 0 Å². The van der Waals surface area contributed by atoms with Gasteiger partial charge in [-0.1, -0.05) is 6.07 Å². The zero-order valence-electron chi connectivity index (χ0n) is 16.3. The summed E-state index contributed by atoms with van der Waals surface area (Å²) in [6.07, 6.45) is -7.57. The molecule has 0 aliphatic carbocycles. The van der Waals surface area contributed by atoms with E-state index in [2.05, 4.69) is 20.1 Å². The molecular formula is C19H12F6N6O2. The molecule has 1 aliphatic rings. The van der Waals surface area contributed by atoms with Crippen molar-refractivity contribution in [3.05, 3.63) is 71.2 Å². The summed E-state index contributed by atoms with van der Waals surface area (Å²) in [6, 6.07) is 3.62. The van der Waals surface area contributed by atoms with Gasteiger partial charge in [0.25, 0.3) is 5.91 Å². The molecule has 1 unspecified atom stereocenters. The van der Waals surface area contributed by atoms with Crippen LogP contribution in [0.1, 0.15) is 45.1 Å². The molecule has 1 N–H and O–H groups in total. The highest BCUT2D eigenvalue weighted by Crippen LogP contribution is 2.38. The number of amides is 1. The first-order valence-corrected chi connectivity index (χ1v) is 9.45. The van der Waals surface area contributed by atoms with Gasteiger partial charge in [0.2, 0.25) is 5.76 Å². The molecular weight excluding hydrogens is 458 g/mol. The van der Waals surface area contributed by atoms with E-state index in [1.54, 1.807) is 0 Å². The zero-order chi connectivity index (χ0) is 23.5. The number of nitrogens with zero attached hydrogens (tertiary/aromatic N) is 5. The van der Waals surface area contributed by atoms with Crippen LogP contribution in [0.15, 0.2) is 41.4 Å². The number of halogens is 6. The van der Waals surface area contributed by atoms with Crippen LogP contribution < -0.4 is 0 Å². The number of alkyl halides is 6. The van der Waals surface area contributed by atoms with Crippen LogP contribution in [0.3, 0.4) is 0 Å². The second kappa shape index (κ2) is 7.08. The second-order valence-corrected chi connectivity index (χ2v) is 7.26. The van der Waals surface area contributed by atoms with Gasteiger partial charge in [-0.3, -0.25) is 4.79 Å². The Hall–Kier alpha value is -3.84. The molecule has 0 radical (unpaired) electrons. The monoisotopic (exact) mass is 470 g/mol. The van der Waals surface area contributed by atoms with Gasteiger partial charge in [-0.05, 0) is 18.2 Å². The second-order valence-electron chi connectivity index (χ2n) is 7.26. The van der Waals surface area contributed by atoms with Gasteiger partial charge in [-0.25, -0.2) is 14.5 Å². The number of oxazole rings is 1. The van der Waals surface area contributed by atoms with Gasteiger partial charge in [0.05, 0.1) is 23.2 Å². The number of rotatable bonds is 2. The summed E-state index contributed by atoms with van der Waals surface area (Å²) in [5, 5.41) is 4.05. The molecule has 5 heterocycles. The molecule has 0 aromatic carbocycles. The molecule has 1 aliphatic heterocycles. The summed E-state index contributed by atoms with van der Waals surface area (Å²) in [5.41, 5.74) is -1.60. The van der Waals surface area contributed by atoms with Gasteiger partial charge < -0.3 is 14.3 Å². The summed E-state index contributed by atoms with van der Waals surface area (Å²) in [6.45, 7) is -0.0588. The van der Waals surface area contributed by atoms with Crippen LogP contribution in [0, 0.1) is 0 Å². The third-order valence-corrected chi connectivity index (χ3v) is 5.29. The lowest BCUT2D eigenvalue weighted by Gasteiger charge is -2.33. The fourth-order valence-electron chi connectivity index (χ4n) is 3.91. The third kappa shape index (κ3) is 3.41. The minimum Gasteiger partial charge on any atom is -0.438 e. The van der Waals surface area contributed by atoms with Crippen LogP contribution in [0.4, 0.5) is 26.3 Å². The fraction of sp³-hybridized carbons (Fsp3) is 0.263. The predicted molar refractivity (Wildman–Crippen MR) is 96.9 cm³/mol. The van der Waals surface area contributed by atoms with E-state index < -0.39 is 41.4 Å². The largest absolute Gasteiger partial charge is 0.438 e. The number of hydrogen-bond acceptors (Lipinski definition) is 5. The standard InChI is InChI=1S/C19H12F6N6O2/c20-18(21,22)12-3-1-2-9-6-11(29-31(9)12)14-13-10(26-7-27-13)4-5-30(14)17(32)15-16(19(23,24)25)28-8-33-15/h1-3,6-8,14H,4-5H2,(H,26,27). The number of hydrogen-bond donors (Lipinski definition) is 1. The lowest BCUT2D eigenvalue weighted by Crippen LogP contribution is -2.41. The van der Waals surface area contributed by atoms with E-state index in [1.165, 1.54) is 24.5 Å². The number of nitrogens with one attached hydrogen (secondary N) is 1. The number of aromatic amines is 1. The van der Waals surface area contributed by atoms with E-state index in [0.717, 1.165) is 11.0 Å². The number of imidazole rings is 1. The Balaban J connectivity index is 1.64. The zero-order valence-corrected chi connectivity index (χ0v) is 16.3. The summed E-state index contributed by atoms with van der Waals surface area (Å²) < 4.78 is 85.6. The number of aromatic nitrogens is 5. The molecule has 0 spiro atoms. The summed E-state index contributed by atoms with van der Waals surface area (Å²) in [5.74, 6) is -2.15. The van der Waals surface area contributed by atoms with Crippen molar-refractivity contribution in [3.8, 4) is 0 Å². The molecule has 1 atom stereocenters. The Labute approximate surface area is 179 Å². The maximum Gasteiger partial charge on any atom is 0.437 e. The van der Waals surface area contributed by atoms with Gasteiger partial charge in [0.1, 0.15) is 11.7 Å². The Morgan fingerprint density at radius 2 is 1.91 bits per heavy atom. The first-order chi connectivity index (χ1) is 15.6. The fourth-order valence-corrected chi connectivity index (χ4v) is 3.91. The molecule has 0 saturated carbocycles. The molecule has 14 heteroatoms. The number of H-pyrrole nitrogens is 1. The summed E-state index contributed by atoms with van der Waals surface area (Å²) >= 11 is 0. The van der Waals surface area contributed by atoms with Gasteiger partial charge >= 0.3 is 12.4 Å². The number of fused-ring (bicyclic) bond motifs is 2. The van der Waals surface area contributed by atoms with Crippen molar-refractivity contribution < 1.29 is 35.6 Å². The number of carbonyl (C=O) groups is 1. The van der Waals surface area contributed by atoms with E-state index in [0.29, 0.717) is 16.6 Å². The van der Waals surface area contributed by atoms with E-state index >= 15 is 0 Å². The summed E-state index contributed by atoms with van der Waals surface area (Å²) in [4.78, 5) is 24.3. The van der Waals surface area contributed by atoms with Crippen molar-refractivity contribution in [2.45, 2.75) is 24.8 Å². The Kier molecular flexibility index (Phi) is 4.51. The van der Waals surface area contributed by atoms with E-state index in [4.69, 9.17) is 4.42 Å². The van der Waals surface area contributed by atoms with Crippen LogP contribution in [0.5, 0.6) is 0 Å². The predicted octanol–water partition coefficient (Wildman–Crippen LogP) is 3.87. The number of carbonyl (C=O) groups excluding carboxylic acids is 1. The molecule has 0 fully saturated rings. The maximum absolute atomic E-state index is 13.4. The van der Waals surface area contributed by atoms with Crippen LogP contribution in [-0.4, -0.2) is 41.9 Å². The molecule has 5 rings (SSSR count). The quantitative estimate of drug-likeness (QED) is 0.449. The van der Waals surface area contributed by atoms with E-state index in [1.807, 2.05) is 0 Å². The Morgan fingerprint density at radius 3 is 2.64 bits per heavy atom. The molecule has 4 aromatic rings. The molecule has 8 nitrogen and oxygen atoms in total. The molecule has 0 bridgehead atoms. The van der Waals surface area contributed by atoms with Crippen molar-refractivity contribution in [2.75, 3.05) is 6.54 Å². The average Bonchev–Trinajstić information content (AvgIpc) is 3.49. The first-order valence-electron chi connectivity index (χ1n) is 9.45. The smallest absolute Gasteiger partial charge is 0.437 e. The minimum atomic E-state index is -4.94. The molecule has 4 aromatic heterocycles. The number of pyridine rings is 1. The highest BCUT2D eigenvalue weighted by molar-refractivity contribution is 5.93. The van der Waals surface area contributed by atoms with Crippen molar-refractivity contribution in [1.82, 2.24) is 29.5 Å². The summed E-state index contributed by atoms with van der Waals surface area (Å²) in [7, 11) is 0. The van der Waals surface area contributed by atoms with Crippen LogP contribution in [0.25, 0.3) is 5.52 Å². The van der Waals surface area contributed by atoms with E-state index in [-0.39, 0.29) is 29.9 Å². The molecule has 172 valence electrons. The van der Waals surface area contributed by atoms with Crippen LogP contribution in [-0.2, 0) is 18.8 Å². The van der Waals surface area contributed by atoms with Gasteiger partial charge in [0, 0.05) is 18.7 Å². The topological polar surface area (TPSA) is 92.3 Å². The van der Waals surface area contributed by atoms with Crippen LogP contribution in [0.2, 0.25) is 0 Å². The van der Waals surface area contributed by atoms with Gasteiger partial charge in [-0.2, -0.15) is 31.4 Å². The normalized spacial score (nSPS) is 16.9. The maximum atomic E-state index is 13.4. The highest BCUT2D eigenvalue weighted by Gasteiger charge is 2.44.